The molecule has 17 heavy (non-hydrogen) atoms. The second kappa shape index (κ2) is 3.52. The maximum atomic E-state index is 9.59. The Morgan fingerprint density at radius 3 is 1.76 bits per heavy atom. The summed E-state index contributed by atoms with van der Waals surface area (Å²) < 4.78 is 0. The summed E-state index contributed by atoms with van der Waals surface area (Å²) >= 11 is 0. The highest BCUT2D eigenvalue weighted by atomic mass is 16.3. The molecule has 0 amide bonds. The van der Waals surface area contributed by atoms with Crippen LogP contribution in [0.25, 0.3) is 11.1 Å². The minimum atomic E-state index is 0.277. The molecule has 0 spiro atoms. The number of rotatable bonds is 1. The minimum Gasteiger partial charge on any atom is -0.508 e. The number of fused-ring (bicyclic) bond motifs is 3. The summed E-state index contributed by atoms with van der Waals surface area (Å²) in [4.78, 5) is 0. The topological polar surface area (TPSA) is 40.5 Å². The molecule has 1 aliphatic rings. The molecule has 0 heterocycles. The smallest absolute Gasteiger partial charge is 0.115 e. The number of aromatic hydroxyl groups is 2. The molecule has 0 aliphatic heterocycles. The van der Waals surface area contributed by atoms with E-state index >= 15 is 0 Å². The van der Waals surface area contributed by atoms with Crippen LogP contribution in [0.2, 0.25) is 0 Å². The lowest BCUT2D eigenvalue weighted by atomic mass is 9.94. The van der Waals surface area contributed by atoms with Crippen molar-refractivity contribution < 1.29 is 10.2 Å². The summed E-state index contributed by atoms with van der Waals surface area (Å²) in [5, 5.41) is 19.2. The monoisotopic (exact) mass is 226 g/mol. The molecule has 2 nitrogen and oxygen atoms in total. The van der Waals surface area contributed by atoms with Crippen LogP contribution in [0.5, 0.6) is 11.5 Å². The van der Waals surface area contributed by atoms with E-state index in [0.717, 1.165) is 17.5 Å². The van der Waals surface area contributed by atoms with E-state index in [4.69, 9.17) is 0 Å². The predicted octanol–water partition coefficient (Wildman–Crippen LogP) is 3.62. The van der Waals surface area contributed by atoms with Crippen molar-refractivity contribution in [3.63, 3.8) is 0 Å². The Morgan fingerprint density at radius 1 is 0.882 bits per heavy atom. The molecule has 1 aliphatic carbocycles. The van der Waals surface area contributed by atoms with Gasteiger partial charge in [-0.25, -0.2) is 0 Å². The van der Waals surface area contributed by atoms with Gasteiger partial charge in [-0.15, -0.1) is 0 Å². The summed E-state index contributed by atoms with van der Waals surface area (Å²) in [5.74, 6) is 0.887. The Labute approximate surface area is 100 Å². The van der Waals surface area contributed by atoms with Gasteiger partial charge in [0.25, 0.3) is 0 Å². The lowest BCUT2D eigenvalue weighted by Crippen LogP contribution is -1.93. The van der Waals surface area contributed by atoms with Gasteiger partial charge in [0, 0.05) is 5.92 Å². The van der Waals surface area contributed by atoms with Crippen molar-refractivity contribution in [3.05, 3.63) is 47.5 Å². The molecule has 0 saturated carbocycles. The van der Waals surface area contributed by atoms with Gasteiger partial charge in [-0.3, -0.25) is 0 Å². The average Bonchev–Trinajstić information content (AvgIpc) is 2.60. The fourth-order valence-corrected chi connectivity index (χ4v) is 2.77. The first-order chi connectivity index (χ1) is 8.20. The van der Waals surface area contributed by atoms with E-state index in [1.54, 1.807) is 12.1 Å². The molecular weight excluding hydrogens is 212 g/mol. The summed E-state index contributed by atoms with van der Waals surface area (Å²) in [6, 6.07) is 11.0. The Hall–Kier alpha value is -1.96. The molecule has 2 aromatic rings. The van der Waals surface area contributed by atoms with Crippen LogP contribution in [0.15, 0.2) is 36.4 Å². The molecule has 0 unspecified atom stereocenters. The van der Waals surface area contributed by atoms with Crippen LogP contribution in [-0.4, -0.2) is 10.2 Å². The Kier molecular flexibility index (Phi) is 2.11. The van der Waals surface area contributed by atoms with Crippen molar-refractivity contribution in [2.75, 3.05) is 0 Å². The number of phenolic OH excluding ortho intramolecular Hbond substituents is 2. The highest BCUT2D eigenvalue weighted by molar-refractivity contribution is 5.80. The number of hydrogen-bond acceptors (Lipinski definition) is 2. The number of phenols is 2. The van der Waals surface area contributed by atoms with Gasteiger partial charge in [0.1, 0.15) is 11.5 Å². The molecule has 0 atom stereocenters. The van der Waals surface area contributed by atoms with Crippen molar-refractivity contribution in [3.8, 4) is 22.6 Å². The van der Waals surface area contributed by atoms with Crippen molar-refractivity contribution >= 4 is 0 Å². The fourth-order valence-electron chi connectivity index (χ4n) is 2.77. The highest BCUT2D eigenvalue weighted by Gasteiger charge is 2.27. The molecule has 0 saturated heterocycles. The lowest BCUT2D eigenvalue weighted by molar-refractivity contribution is 0.474. The fraction of sp³-hybridized carbons (Fsp3) is 0.200. The Balaban J connectivity index is 2.28. The van der Waals surface area contributed by atoms with Crippen molar-refractivity contribution in [2.24, 2.45) is 0 Å². The first kappa shape index (κ1) is 10.2. The van der Waals surface area contributed by atoms with Crippen LogP contribution < -0.4 is 0 Å². The zero-order valence-electron chi connectivity index (χ0n) is 9.64. The third kappa shape index (κ3) is 1.41. The van der Waals surface area contributed by atoms with Crippen LogP contribution in [0.3, 0.4) is 0 Å². The molecule has 2 heteroatoms. The minimum absolute atomic E-state index is 0.277. The van der Waals surface area contributed by atoms with Crippen LogP contribution in [-0.2, 0) is 0 Å². The van der Waals surface area contributed by atoms with E-state index in [1.165, 1.54) is 11.1 Å². The average molecular weight is 226 g/mol. The summed E-state index contributed by atoms with van der Waals surface area (Å²) in [7, 11) is 0. The van der Waals surface area contributed by atoms with Gasteiger partial charge < -0.3 is 10.2 Å². The summed E-state index contributed by atoms with van der Waals surface area (Å²) in [6.45, 7) is 2.12. The van der Waals surface area contributed by atoms with Gasteiger partial charge in [0.2, 0.25) is 0 Å². The van der Waals surface area contributed by atoms with Gasteiger partial charge in [-0.05, 0) is 52.9 Å². The second-order valence-electron chi connectivity index (χ2n) is 4.50. The normalized spacial score (nSPS) is 13.5. The third-order valence-electron chi connectivity index (χ3n) is 3.52. The Morgan fingerprint density at radius 2 is 1.35 bits per heavy atom. The summed E-state index contributed by atoms with van der Waals surface area (Å²) in [5.41, 5.74) is 4.66. The molecule has 0 aromatic heterocycles. The van der Waals surface area contributed by atoms with Crippen LogP contribution in [0.1, 0.15) is 30.4 Å². The van der Waals surface area contributed by atoms with E-state index in [-0.39, 0.29) is 5.92 Å². The first-order valence-corrected chi connectivity index (χ1v) is 5.87. The molecule has 2 N–H and O–H groups in total. The van der Waals surface area contributed by atoms with Gasteiger partial charge >= 0.3 is 0 Å². The highest BCUT2D eigenvalue weighted by Crippen LogP contribution is 2.48. The quantitative estimate of drug-likeness (QED) is 0.779. The number of benzene rings is 2. The Bertz CT molecular complexity index is 536. The molecule has 0 radical (unpaired) electrons. The van der Waals surface area contributed by atoms with E-state index in [1.807, 2.05) is 24.3 Å². The van der Waals surface area contributed by atoms with Crippen molar-refractivity contribution in [1.29, 1.82) is 0 Å². The molecule has 0 bridgehead atoms. The zero-order valence-corrected chi connectivity index (χ0v) is 9.64. The van der Waals surface area contributed by atoms with E-state index in [2.05, 4.69) is 6.92 Å². The van der Waals surface area contributed by atoms with E-state index in [0.29, 0.717) is 11.5 Å². The maximum Gasteiger partial charge on any atom is 0.115 e. The second-order valence-corrected chi connectivity index (χ2v) is 4.50. The molecule has 86 valence electrons. The summed E-state index contributed by atoms with van der Waals surface area (Å²) in [6.07, 6.45) is 0.965. The van der Waals surface area contributed by atoms with E-state index in [9.17, 15) is 10.2 Å². The van der Waals surface area contributed by atoms with Gasteiger partial charge in [0.15, 0.2) is 0 Å². The molecule has 3 rings (SSSR count). The van der Waals surface area contributed by atoms with Crippen molar-refractivity contribution in [2.45, 2.75) is 19.3 Å². The van der Waals surface area contributed by atoms with Gasteiger partial charge in [-0.1, -0.05) is 19.1 Å². The van der Waals surface area contributed by atoms with Crippen LogP contribution in [0, 0.1) is 0 Å². The predicted molar refractivity (Wildman–Crippen MR) is 67.3 cm³/mol. The van der Waals surface area contributed by atoms with Gasteiger partial charge in [-0.2, -0.15) is 0 Å². The van der Waals surface area contributed by atoms with Crippen molar-refractivity contribution in [1.82, 2.24) is 0 Å². The lowest BCUT2D eigenvalue weighted by Gasteiger charge is -2.10. The van der Waals surface area contributed by atoms with E-state index < -0.39 is 0 Å². The molecular formula is C15H14O2. The maximum absolute atomic E-state index is 9.59. The van der Waals surface area contributed by atoms with Crippen LogP contribution in [0.4, 0.5) is 0 Å². The standard InChI is InChI=1S/C15H14O2/c1-2-11-14-7-9(16)3-5-12(14)13-6-4-10(17)8-15(11)13/h3-8,11,16-17H,2H2,1H3. The molecule has 2 aromatic carbocycles. The zero-order chi connectivity index (χ0) is 12.0. The SMILES string of the molecule is CCC1c2cc(O)ccc2-c2ccc(O)cc21. The van der Waals surface area contributed by atoms with Crippen LogP contribution >= 0.6 is 0 Å². The first-order valence-electron chi connectivity index (χ1n) is 5.87. The van der Waals surface area contributed by atoms with Gasteiger partial charge in [0.05, 0.1) is 0 Å². The number of hydrogen-bond donors (Lipinski definition) is 2. The largest absolute Gasteiger partial charge is 0.508 e. The third-order valence-corrected chi connectivity index (χ3v) is 3.52. The molecule has 0 fully saturated rings.